The zero-order valence-corrected chi connectivity index (χ0v) is 10.9. The third kappa shape index (κ3) is 2.37. The number of hydrogen-bond donors (Lipinski definition) is 0. The average Bonchev–Trinajstić information content (AvgIpc) is 2.75. The Labute approximate surface area is 107 Å². The van der Waals surface area contributed by atoms with Gasteiger partial charge in [0, 0.05) is 5.39 Å². The molecule has 2 rings (SSSR count). The number of ether oxygens (including phenoxy) is 1. The first kappa shape index (κ1) is 11.4. The van der Waals surface area contributed by atoms with E-state index in [1.165, 1.54) is 0 Å². The summed E-state index contributed by atoms with van der Waals surface area (Å²) >= 11 is 2.08. The lowest BCUT2D eigenvalue weighted by atomic mass is 10.2. The molecule has 1 atom stereocenters. The first-order valence-electron chi connectivity index (χ1n) is 5.03. The van der Waals surface area contributed by atoms with E-state index in [0.717, 1.165) is 17.4 Å². The van der Waals surface area contributed by atoms with Crippen LogP contribution in [-0.4, -0.2) is 9.89 Å². The summed E-state index contributed by atoms with van der Waals surface area (Å²) in [6.07, 6.45) is 2.39. The number of fused-ring (bicyclic) bond motifs is 1. The van der Waals surface area contributed by atoms with Gasteiger partial charge in [-0.2, -0.15) is 0 Å². The first-order chi connectivity index (χ1) is 7.70. The van der Waals surface area contributed by atoms with Gasteiger partial charge in [0.1, 0.15) is 15.3 Å². The Balaban J connectivity index is 2.17. The van der Waals surface area contributed by atoms with Crippen molar-refractivity contribution in [2.45, 2.75) is 17.3 Å². The van der Waals surface area contributed by atoms with Crippen molar-refractivity contribution in [2.75, 3.05) is 0 Å². The van der Waals surface area contributed by atoms with Crippen LogP contribution in [0.15, 0.2) is 34.9 Å². The van der Waals surface area contributed by atoms with Crippen LogP contribution in [0.25, 0.3) is 11.0 Å². The van der Waals surface area contributed by atoms with Crippen LogP contribution in [0.3, 0.4) is 0 Å². The molecule has 1 aromatic carbocycles. The SMILES string of the molecule is CCC(I)C(=O)Oc1ccc2occc2c1. The molecule has 0 bridgehead atoms. The highest BCUT2D eigenvalue weighted by Crippen LogP contribution is 2.22. The average molecular weight is 330 g/mol. The van der Waals surface area contributed by atoms with Crippen molar-refractivity contribution in [3.05, 3.63) is 30.5 Å². The Morgan fingerprint density at radius 2 is 2.31 bits per heavy atom. The van der Waals surface area contributed by atoms with Gasteiger partial charge in [-0.3, -0.25) is 4.79 Å². The molecular formula is C12H11IO3. The number of carbonyl (C=O) groups excluding carboxylic acids is 1. The van der Waals surface area contributed by atoms with Gasteiger partial charge >= 0.3 is 5.97 Å². The van der Waals surface area contributed by atoms with Gasteiger partial charge in [0.05, 0.1) is 6.26 Å². The van der Waals surface area contributed by atoms with E-state index in [0.29, 0.717) is 5.75 Å². The Kier molecular flexibility index (Phi) is 3.48. The van der Waals surface area contributed by atoms with Crippen LogP contribution >= 0.6 is 22.6 Å². The zero-order chi connectivity index (χ0) is 11.5. The van der Waals surface area contributed by atoms with Crippen molar-refractivity contribution in [1.82, 2.24) is 0 Å². The number of benzene rings is 1. The molecule has 84 valence electrons. The molecule has 0 N–H and O–H groups in total. The summed E-state index contributed by atoms with van der Waals surface area (Å²) < 4.78 is 10.4. The maximum Gasteiger partial charge on any atom is 0.324 e. The lowest BCUT2D eigenvalue weighted by Crippen LogP contribution is -2.19. The largest absolute Gasteiger partial charge is 0.464 e. The van der Waals surface area contributed by atoms with Gasteiger partial charge in [-0.25, -0.2) is 0 Å². The summed E-state index contributed by atoms with van der Waals surface area (Å²) in [5.41, 5.74) is 0.793. The highest BCUT2D eigenvalue weighted by molar-refractivity contribution is 14.1. The van der Waals surface area contributed by atoms with Crippen molar-refractivity contribution < 1.29 is 13.9 Å². The Bertz CT molecular complexity index is 504. The first-order valence-corrected chi connectivity index (χ1v) is 6.28. The molecule has 0 saturated heterocycles. The molecule has 4 heteroatoms. The van der Waals surface area contributed by atoms with Crippen LogP contribution in [0.2, 0.25) is 0 Å². The van der Waals surface area contributed by atoms with E-state index in [1.807, 2.05) is 13.0 Å². The van der Waals surface area contributed by atoms with Gasteiger partial charge in [0.25, 0.3) is 0 Å². The number of furan rings is 1. The van der Waals surface area contributed by atoms with Gasteiger partial charge < -0.3 is 9.15 Å². The van der Waals surface area contributed by atoms with Crippen molar-refractivity contribution >= 4 is 39.5 Å². The molecule has 0 spiro atoms. The van der Waals surface area contributed by atoms with E-state index in [9.17, 15) is 4.79 Å². The van der Waals surface area contributed by atoms with Crippen molar-refractivity contribution in [1.29, 1.82) is 0 Å². The second-order valence-electron chi connectivity index (χ2n) is 3.42. The van der Waals surface area contributed by atoms with Gasteiger partial charge in [-0.1, -0.05) is 29.5 Å². The summed E-state index contributed by atoms with van der Waals surface area (Å²) in [4.78, 5) is 11.6. The van der Waals surface area contributed by atoms with Gasteiger partial charge in [0.2, 0.25) is 0 Å². The standard InChI is InChI=1S/C12H11IO3/c1-2-10(13)12(14)16-9-3-4-11-8(7-9)5-6-15-11/h3-7,10H,2H2,1H3. The van der Waals surface area contributed by atoms with Gasteiger partial charge in [0.15, 0.2) is 0 Å². The van der Waals surface area contributed by atoms with Crippen LogP contribution in [0, 0.1) is 0 Å². The summed E-state index contributed by atoms with van der Waals surface area (Å²) in [6, 6.07) is 7.18. The number of carbonyl (C=O) groups is 1. The maximum atomic E-state index is 11.6. The van der Waals surface area contributed by atoms with Crippen LogP contribution in [0.5, 0.6) is 5.75 Å². The summed E-state index contributed by atoms with van der Waals surface area (Å²) in [5.74, 6) is 0.361. The number of halogens is 1. The fourth-order valence-electron chi connectivity index (χ4n) is 1.35. The van der Waals surface area contributed by atoms with Crippen LogP contribution in [-0.2, 0) is 4.79 Å². The van der Waals surface area contributed by atoms with Gasteiger partial charge in [-0.15, -0.1) is 0 Å². The molecule has 0 saturated carbocycles. The highest BCUT2D eigenvalue weighted by atomic mass is 127. The third-order valence-electron chi connectivity index (χ3n) is 2.26. The molecular weight excluding hydrogens is 319 g/mol. The smallest absolute Gasteiger partial charge is 0.324 e. The van der Waals surface area contributed by atoms with Crippen LogP contribution in [0.1, 0.15) is 13.3 Å². The predicted molar refractivity (Wildman–Crippen MR) is 69.9 cm³/mol. The fourth-order valence-corrected chi connectivity index (χ4v) is 1.48. The van der Waals surface area contributed by atoms with Crippen LogP contribution < -0.4 is 4.74 Å². The number of alkyl halides is 1. The van der Waals surface area contributed by atoms with Crippen molar-refractivity contribution in [3.63, 3.8) is 0 Å². The van der Waals surface area contributed by atoms with E-state index in [1.54, 1.807) is 24.5 Å². The monoisotopic (exact) mass is 330 g/mol. The lowest BCUT2D eigenvalue weighted by Gasteiger charge is -2.07. The second-order valence-corrected chi connectivity index (χ2v) is 4.92. The topological polar surface area (TPSA) is 39.4 Å². The van der Waals surface area contributed by atoms with E-state index < -0.39 is 0 Å². The third-order valence-corrected chi connectivity index (χ3v) is 3.65. The molecule has 0 aliphatic heterocycles. The molecule has 1 heterocycles. The zero-order valence-electron chi connectivity index (χ0n) is 8.77. The molecule has 0 fully saturated rings. The minimum absolute atomic E-state index is 0.0994. The molecule has 1 unspecified atom stereocenters. The van der Waals surface area contributed by atoms with E-state index in [-0.39, 0.29) is 9.89 Å². The normalized spacial score (nSPS) is 12.6. The number of esters is 1. The fraction of sp³-hybridized carbons (Fsp3) is 0.250. The molecule has 3 nitrogen and oxygen atoms in total. The molecule has 1 aromatic heterocycles. The summed E-state index contributed by atoms with van der Waals surface area (Å²) in [5, 5.41) is 0.937. The molecule has 0 aliphatic carbocycles. The minimum atomic E-state index is -0.203. The molecule has 2 aromatic rings. The van der Waals surface area contributed by atoms with E-state index in [2.05, 4.69) is 22.6 Å². The summed E-state index contributed by atoms with van der Waals surface area (Å²) in [7, 11) is 0. The second kappa shape index (κ2) is 4.86. The Hall–Kier alpha value is -1.04. The Morgan fingerprint density at radius 1 is 1.50 bits per heavy atom. The molecule has 0 aliphatic rings. The summed E-state index contributed by atoms with van der Waals surface area (Å²) in [6.45, 7) is 1.96. The predicted octanol–water partition coefficient (Wildman–Crippen LogP) is 3.55. The number of rotatable bonds is 3. The number of hydrogen-bond acceptors (Lipinski definition) is 3. The van der Waals surface area contributed by atoms with Gasteiger partial charge in [-0.05, 0) is 30.7 Å². The van der Waals surface area contributed by atoms with Crippen molar-refractivity contribution in [2.24, 2.45) is 0 Å². The molecule has 16 heavy (non-hydrogen) atoms. The maximum absolute atomic E-state index is 11.6. The van der Waals surface area contributed by atoms with Crippen molar-refractivity contribution in [3.8, 4) is 5.75 Å². The Morgan fingerprint density at radius 3 is 3.06 bits per heavy atom. The lowest BCUT2D eigenvalue weighted by molar-refractivity contribution is -0.133. The molecule has 0 amide bonds. The molecule has 0 radical (unpaired) electrons. The van der Waals surface area contributed by atoms with E-state index >= 15 is 0 Å². The minimum Gasteiger partial charge on any atom is -0.464 e. The van der Waals surface area contributed by atoms with E-state index in [4.69, 9.17) is 9.15 Å². The highest BCUT2D eigenvalue weighted by Gasteiger charge is 2.14. The quantitative estimate of drug-likeness (QED) is 0.374. The van der Waals surface area contributed by atoms with Crippen LogP contribution in [0.4, 0.5) is 0 Å².